The first-order chi connectivity index (χ1) is 66.7. The maximum absolute atomic E-state index is 13.4. The second kappa shape index (κ2) is 37.4. The van der Waals surface area contributed by atoms with Gasteiger partial charge in [0.25, 0.3) is 5.91 Å². The number of carboxylic acid groups (broad SMARTS) is 1. The van der Waals surface area contributed by atoms with Crippen molar-refractivity contribution >= 4 is 129 Å². The number of esters is 1. The number of anilines is 5. The molecule has 5 aliphatic carbocycles. The Labute approximate surface area is 836 Å². The van der Waals surface area contributed by atoms with E-state index in [9.17, 15) is 88.6 Å². The van der Waals surface area contributed by atoms with Crippen LogP contribution in [-0.4, -0.2) is 154 Å². The molecule has 1 amide bonds. The number of phenolic OH excluding ortho intramolecular Hbond substituents is 1. The molecule has 5 aliphatic heterocycles. The number of phenols is 1. The summed E-state index contributed by atoms with van der Waals surface area (Å²) in [5, 5.41) is 24.5. The number of hydrogen-bond acceptors (Lipinski definition) is 19. The van der Waals surface area contributed by atoms with Crippen LogP contribution in [0.2, 0.25) is 0 Å². The summed E-state index contributed by atoms with van der Waals surface area (Å²) in [4.78, 5) is 37.5. The van der Waals surface area contributed by atoms with Crippen molar-refractivity contribution in [1.82, 2.24) is 5.32 Å². The summed E-state index contributed by atoms with van der Waals surface area (Å²) in [6.07, 6.45) is 20.0. The summed E-state index contributed by atoms with van der Waals surface area (Å²) < 4.78 is 219. The Morgan fingerprint density at radius 3 is 0.916 bits per heavy atom. The van der Waals surface area contributed by atoms with Gasteiger partial charge in [-0.25, -0.2) is 73.6 Å². The van der Waals surface area contributed by atoms with E-state index in [4.69, 9.17) is 18.0 Å². The fourth-order valence-corrected chi connectivity index (χ4v) is 25.3. The summed E-state index contributed by atoms with van der Waals surface area (Å²) in [7, 11) is -14.2. The van der Waals surface area contributed by atoms with Crippen LogP contribution in [0.4, 0.5) is 50.4 Å². The van der Waals surface area contributed by atoms with Crippen molar-refractivity contribution in [1.29, 1.82) is 0 Å². The van der Waals surface area contributed by atoms with Gasteiger partial charge in [0.2, 0.25) is 50.1 Å². The third kappa shape index (κ3) is 19.6. The number of carboxylic acids is 1. The van der Waals surface area contributed by atoms with Gasteiger partial charge in [0.1, 0.15) is 80.0 Å². The van der Waals surface area contributed by atoms with Crippen LogP contribution in [0.25, 0.3) is 66.9 Å². The number of furan rings is 3. The van der Waals surface area contributed by atoms with Crippen LogP contribution in [0.5, 0.6) is 5.75 Å². The van der Waals surface area contributed by atoms with Crippen molar-refractivity contribution in [3.05, 3.63) is 283 Å². The van der Waals surface area contributed by atoms with Crippen LogP contribution in [0.1, 0.15) is 183 Å². The normalized spacial score (nSPS) is 17.1. The number of ether oxygens (including phenoxy) is 1. The number of aryl methyl sites for hydroxylation is 1. The van der Waals surface area contributed by atoms with Crippen LogP contribution in [0.3, 0.4) is 0 Å². The molecule has 10 aromatic carbocycles. The Morgan fingerprint density at radius 1 is 0.364 bits per heavy atom. The van der Waals surface area contributed by atoms with Crippen molar-refractivity contribution in [2.75, 3.05) is 99.7 Å². The molecule has 8 heterocycles. The molecular formula is C106H98F5LiN6O20S5. The molecule has 0 unspecified atom stereocenters. The van der Waals surface area contributed by atoms with Crippen molar-refractivity contribution in [3.63, 3.8) is 0 Å². The molecule has 738 valence electrons. The third-order valence-electron chi connectivity index (χ3n) is 29.1. The van der Waals surface area contributed by atoms with E-state index in [1.165, 1.54) is 151 Å². The Balaban J connectivity index is 0.000000123. The quantitative estimate of drug-likeness (QED) is 0.0468. The Hall–Kier alpha value is -12.9. The van der Waals surface area contributed by atoms with Gasteiger partial charge >= 0.3 is 30.8 Å². The largest absolute Gasteiger partial charge is 1.00 e. The molecule has 5 saturated carbocycles. The fourth-order valence-electron chi connectivity index (χ4n) is 20.6. The van der Waals surface area contributed by atoms with Gasteiger partial charge in [-0.05, 0) is 321 Å². The molecule has 26 nitrogen and oxygen atoms in total. The van der Waals surface area contributed by atoms with E-state index in [0.717, 1.165) is 140 Å². The molecular weight excluding hydrogens is 1940 g/mol. The molecule has 5 fully saturated rings. The standard InChI is InChI=1S/C22H21FN2O4S.C22H20FNO5S.C21H18FNO5S.C21H20FNO2S.C20H18FNO3S.Li.H2O/c1-24-21(26)19-15-11-16-17(25(30(2,27)28)10-9-22(16)7-8-22)12-18(15)29-20(19)13-3-5-14(23)6-4-13;1-28-21(25)19-15-11-16-17(24(30(2,26)27)10-9-22(16)7-8-22)12-18(15)29-20(19)13-3-5-14(23)6-4-13;1-29(26,27)23-9-8-21(6-7-21)15-10-14-17(11-16(15)23)28-19(18(14)20(24)25)12-2-4-13(22)5-3-12;1-15-13-20-19(21(9-10-21)11-12-23(20)26(2,24)25)14-17(15)6-3-16-4-7-18(22)8-5-16;1-26(24,25)22-11-10-20(8-9-20)17-12-15(19(23)13-18(17)22)5-2-14-3-6-16(21)7-4-14;;/h3-6,11-12H,7-10H2,1-2H3,(H,24,26);3-6,11-12H,7-10H2,1-2H3;2-5,10-11H,6-9H2,1H3,(H,24,25);4-5,7-8,13-14H,9-12H2,1-2H3;3-4,6-7,12-13,23H,8-11H2,1H3;;1H2/q;;;;;+1;/p-1. The molecule has 37 heteroatoms. The minimum atomic E-state index is -3.47. The van der Waals surface area contributed by atoms with Crippen LogP contribution in [-0.2, 0) is 81.9 Å². The zero-order valence-corrected chi connectivity index (χ0v) is 83.5. The molecule has 5 spiro atoms. The van der Waals surface area contributed by atoms with Crippen molar-refractivity contribution in [3.8, 4) is 63.4 Å². The summed E-state index contributed by atoms with van der Waals surface area (Å²) in [5.41, 5.74) is 14.9. The molecule has 13 aromatic rings. The number of fused-ring (bicyclic) bond motifs is 13. The zero-order valence-electron chi connectivity index (χ0n) is 79.4. The Morgan fingerprint density at radius 2 is 0.622 bits per heavy atom. The number of halogens is 5. The number of amides is 1. The second-order valence-corrected chi connectivity index (χ2v) is 47.9. The monoisotopic (exact) mass is 2040 g/mol. The van der Waals surface area contributed by atoms with Crippen LogP contribution < -0.4 is 45.7 Å². The van der Waals surface area contributed by atoms with Crippen LogP contribution >= 0.6 is 0 Å². The zero-order chi connectivity index (χ0) is 100. The summed E-state index contributed by atoms with van der Waals surface area (Å²) in [6.45, 7) is 4.19. The van der Waals surface area contributed by atoms with Crippen molar-refractivity contribution in [2.45, 2.75) is 130 Å². The first-order valence-electron chi connectivity index (χ1n) is 45.8. The molecule has 3 aromatic heterocycles. The van der Waals surface area contributed by atoms with E-state index in [1.54, 1.807) is 67.7 Å². The van der Waals surface area contributed by atoms with Gasteiger partial charge in [-0.3, -0.25) is 26.3 Å². The average molecular weight is 2040 g/mol. The molecule has 0 bridgehead atoms. The third-order valence-corrected chi connectivity index (χ3v) is 35.0. The van der Waals surface area contributed by atoms with Gasteiger partial charge in [-0.1, -0.05) is 23.7 Å². The van der Waals surface area contributed by atoms with E-state index in [2.05, 4.69) is 35.1 Å². The average Bonchev–Trinajstić information content (AvgIpc) is 1.57. The molecule has 23 rings (SSSR count). The van der Waals surface area contributed by atoms with E-state index in [1.807, 2.05) is 31.2 Å². The fraction of sp³-hybridized carbons (Fsp3) is 0.311. The number of methoxy groups -OCH3 is 1. The second-order valence-electron chi connectivity index (χ2n) is 38.3. The van der Waals surface area contributed by atoms with Gasteiger partial charge in [0.15, 0.2) is 0 Å². The number of nitrogens with one attached hydrogen (secondary N) is 1. The molecule has 0 saturated heterocycles. The minimum Gasteiger partial charge on any atom is -0.870 e. The number of sulfonamides is 5. The topological polar surface area (TPSA) is 369 Å². The first-order valence-corrected chi connectivity index (χ1v) is 55.1. The number of aromatic carboxylic acids is 1. The molecule has 0 atom stereocenters. The summed E-state index contributed by atoms with van der Waals surface area (Å²) >= 11 is 0. The number of aromatic hydroxyl groups is 1. The molecule has 0 radical (unpaired) electrons. The van der Waals surface area contributed by atoms with Gasteiger partial charge in [0.05, 0.1) is 78.0 Å². The van der Waals surface area contributed by atoms with E-state index < -0.39 is 73.7 Å². The predicted octanol–water partition coefficient (Wildman–Crippen LogP) is 15.9. The number of benzene rings is 10. The predicted molar refractivity (Wildman–Crippen MR) is 531 cm³/mol. The Bertz CT molecular complexity index is 7790. The van der Waals surface area contributed by atoms with Crippen LogP contribution in [0, 0.1) is 59.7 Å². The Kier molecular flexibility index (Phi) is 26.6. The van der Waals surface area contributed by atoms with E-state index in [0.29, 0.717) is 134 Å². The summed E-state index contributed by atoms with van der Waals surface area (Å²) in [6, 6.07) is 46.7. The maximum Gasteiger partial charge on any atom is 1.00 e. The number of carbonyl (C=O) groups excluding carboxylic acids is 2. The van der Waals surface area contributed by atoms with E-state index >= 15 is 0 Å². The van der Waals surface area contributed by atoms with Gasteiger partial charge in [-0.15, -0.1) is 0 Å². The number of carbonyl (C=O) groups is 3. The number of hydrogen-bond donors (Lipinski definition) is 3. The van der Waals surface area contributed by atoms with Gasteiger partial charge in [0, 0.05) is 114 Å². The van der Waals surface area contributed by atoms with Gasteiger partial charge in [-0.2, -0.15) is 0 Å². The molecule has 143 heavy (non-hydrogen) atoms. The number of nitrogens with zero attached hydrogens (tertiary/aromatic N) is 5. The maximum atomic E-state index is 13.4. The minimum absolute atomic E-state index is 0. The van der Waals surface area contributed by atoms with E-state index in [-0.39, 0.29) is 103 Å². The van der Waals surface area contributed by atoms with Gasteiger partial charge < -0.3 is 39.0 Å². The first kappa shape index (κ1) is 102. The number of rotatable bonds is 11. The van der Waals surface area contributed by atoms with Crippen molar-refractivity contribution in [2.24, 2.45) is 0 Å². The molecule has 10 aliphatic rings. The van der Waals surface area contributed by atoms with Crippen LogP contribution in [0.15, 0.2) is 195 Å². The van der Waals surface area contributed by atoms with Crippen molar-refractivity contribution < 1.29 is 131 Å². The molecule has 4 N–H and O–H groups in total. The SMILES string of the molecule is CNC(=O)c1c(-c2ccc(F)cc2)oc2cc3c(cc12)C1(CCN3S(C)(=O)=O)CC1.COC(=O)c1c(-c2ccc(F)cc2)oc2cc3c(cc12)C1(CCN3S(C)(=O)=O)CC1.CS(=O)(=O)N1CCC2(CC2)c2cc(C#Cc3ccc(F)cc3)c(O)cc21.CS(=O)(=O)N1CCC2(CC2)c2cc3c(C(=O)O)c(-c4ccc(F)cc4)oc3cc21.Cc1cc2c(cc1C#Cc1ccc(F)cc1)C1(CCN2S(C)(=O)=O)CC1.[Li+].[OH-]. The summed E-state index contributed by atoms with van der Waals surface area (Å²) in [5.74, 6) is 8.94. The smallest absolute Gasteiger partial charge is 0.870 e.